The van der Waals surface area contributed by atoms with Gasteiger partial charge in [-0.1, -0.05) is 59.7 Å². The lowest BCUT2D eigenvalue weighted by Gasteiger charge is -2.07. The van der Waals surface area contributed by atoms with Gasteiger partial charge in [-0.2, -0.15) is 5.26 Å². The number of hydrogen-bond acceptors (Lipinski definition) is 3. The summed E-state index contributed by atoms with van der Waals surface area (Å²) in [4.78, 5) is 12.4. The molecule has 0 fully saturated rings. The van der Waals surface area contributed by atoms with Crippen molar-refractivity contribution in [2.24, 2.45) is 0 Å². The Morgan fingerprint density at radius 2 is 1.72 bits per heavy atom. The number of nitriles is 1. The van der Waals surface area contributed by atoms with Gasteiger partial charge in [-0.25, -0.2) is 0 Å². The number of nitrogens with one attached hydrogen (secondary N) is 1. The average Bonchev–Trinajstić information content (AvgIpc) is 2.73. The molecule has 4 heteroatoms. The first-order valence-electron chi connectivity index (χ1n) is 9.32. The van der Waals surface area contributed by atoms with Crippen LogP contribution >= 0.6 is 0 Å². The van der Waals surface area contributed by atoms with Crippen molar-refractivity contribution in [3.8, 4) is 11.8 Å². The van der Waals surface area contributed by atoms with Crippen LogP contribution in [0.25, 0.3) is 6.08 Å². The average molecular weight is 382 g/mol. The van der Waals surface area contributed by atoms with E-state index in [1.165, 1.54) is 5.56 Å². The number of ether oxygens (including phenoxy) is 1. The van der Waals surface area contributed by atoms with Gasteiger partial charge in [0.15, 0.2) is 0 Å². The van der Waals surface area contributed by atoms with Crippen LogP contribution in [0.2, 0.25) is 0 Å². The van der Waals surface area contributed by atoms with E-state index in [-0.39, 0.29) is 5.57 Å². The highest BCUT2D eigenvalue weighted by Crippen LogP contribution is 2.17. The first-order valence-corrected chi connectivity index (χ1v) is 9.32. The fourth-order valence-corrected chi connectivity index (χ4v) is 2.78. The first kappa shape index (κ1) is 19.9. The molecule has 1 amide bonds. The number of nitrogens with zero attached hydrogens (tertiary/aromatic N) is 1. The van der Waals surface area contributed by atoms with Crippen molar-refractivity contribution in [2.75, 3.05) is 5.32 Å². The molecule has 0 aliphatic carbocycles. The number of rotatable bonds is 6. The SMILES string of the molecule is Cc1ccc(NC(=O)/C(C#N)=C/c2ccc(OCc3cccc(C)c3)cc2)cc1. The molecule has 0 unspecified atom stereocenters. The molecule has 144 valence electrons. The van der Waals surface area contributed by atoms with Crippen LogP contribution in [-0.2, 0) is 11.4 Å². The van der Waals surface area contributed by atoms with Crippen LogP contribution in [0.5, 0.6) is 5.75 Å². The summed E-state index contributed by atoms with van der Waals surface area (Å²) < 4.78 is 5.80. The number of hydrogen-bond donors (Lipinski definition) is 1. The molecule has 3 aromatic carbocycles. The molecule has 0 heterocycles. The smallest absolute Gasteiger partial charge is 0.266 e. The molecular weight excluding hydrogens is 360 g/mol. The summed E-state index contributed by atoms with van der Waals surface area (Å²) >= 11 is 0. The second kappa shape index (κ2) is 9.38. The van der Waals surface area contributed by atoms with E-state index in [1.54, 1.807) is 6.08 Å². The normalized spacial score (nSPS) is 10.9. The van der Waals surface area contributed by atoms with Crippen LogP contribution in [0, 0.1) is 25.2 Å². The molecule has 0 spiro atoms. The second-order valence-electron chi connectivity index (χ2n) is 6.84. The fraction of sp³-hybridized carbons (Fsp3) is 0.120. The van der Waals surface area contributed by atoms with Crippen LogP contribution in [0.3, 0.4) is 0 Å². The number of aryl methyl sites for hydroxylation is 2. The van der Waals surface area contributed by atoms with E-state index < -0.39 is 5.91 Å². The molecular formula is C25H22N2O2. The molecule has 0 aromatic heterocycles. The maximum Gasteiger partial charge on any atom is 0.266 e. The van der Waals surface area contributed by atoms with Crippen molar-refractivity contribution in [1.82, 2.24) is 0 Å². The van der Waals surface area contributed by atoms with Crippen molar-refractivity contribution >= 4 is 17.7 Å². The van der Waals surface area contributed by atoms with Gasteiger partial charge >= 0.3 is 0 Å². The fourth-order valence-electron chi connectivity index (χ4n) is 2.78. The van der Waals surface area contributed by atoms with E-state index in [2.05, 4.69) is 11.4 Å². The van der Waals surface area contributed by atoms with Crippen LogP contribution in [0.15, 0.2) is 78.4 Å². The number of benzene rings is 3. The third-order valence-electron chi connectivity index (χ3n) is 4.35. The van der Waals surface area contributed by atoms with Crippen molar-refractivity contribution in [1.29, 1.82) is 5.26 Å². The van der Waals surface area contributed by atoms with E-state index in [9.17, 15) is 10.1 Å². The lowest BCUT2D eigenvalue weighted by Crippen LogP contribution is -2.13. The molecule has 0 radical (unpaired) electrons. The predicted molar refractivity (Wildman–Crippen MR) is 115 cm³/mol. The summed E-state index contributed by atoms with van der Waals surface area (Å²) in [6.07, 6.45) is 1.56. The van der Waals surface area contributed by atoms with Crippen LogP contribution in [0.4, 0.5) is 5.69 Å². The van der Waals surface area contributed by atoms with E-state index in [1.807, 2.05) is 86.6 Å². The Morgan fingerprint density at radius 3 is 2.38 bits per heavy atom. The van der Waals surface area contributed by atoms with Gasteiger partial charge in [-0.15, -0.1) is 0 Å². The van der Waals surface area contributed by atoms with Gasteiger partial charge in [0.1, 0.15) is 24.0 Å². The topological polar surface area (TPSA) is 62.1 Å². The second-order valence-corrected chi connectivity index (χ2v) is 6.84. The quantitative estimate of drug-likeness (QED) is 0.457. The minimum Gasteiger partial charge on any atom is -0.489 e. The van der Waals surface area contributed by atoms with Crippen molar-refractivity contribution < 1.29 is 9.53 Å². The Labute approximate surface area is 171 Å². The van der Waals surface area contributed by atoms with Gasteiger partial charge in [-0.3, -0.25) is 4.79 Å². The Bertz CT molecular complexity index is 1060. The third kappa shape index (κ3) is 5.82. The van der Waals surface area contributed by atoms with Crippen molar-refractivity contribution in [3.63, 3.8) is 0 Å². The third-order valence-corrected chi connectivity index (χ3v) is 4.35. The monoisotopic (exact) mass is 382 g/mol. The summed E-state index contributed by atoms with van der Waals surface area (Å²) in [5, 5.41) is 12.1. The van der Waals surface area contributed by atoms with Crippen molar-refractivity contribution in [3.05, 3.63) is 101 Å². The minimum atomic E-state index is -0.434. The van der Waals surface area contributed by atoms with Gasteiger partial charge in [0, 0.05) is 5.69 Å². The Kier molecular flexibility index (Phi) is 6.44. The zero-order valence-corrected chi connectivity index (χ0v) is 16.5. The van der Waals surface area contributed by atoms with E-state index >= 15 is 0 Å². The summed E-state index contributed by atoms with van der Waals surface area (Å²) in [5.41, 5.74) is 4.85. The molecule has 4 nitrogen and oxygen atoms in total. The molecule has 3 aromatic rings. The van der Waals surface area contributed by atoms with E-state index in [0.717, 1.165) is 22.4 Å². The summed E-state index contributed by atoms with van der Waals surface area (Å²) in [7, 11) is 0. The van der Waals surface area contributed by atoms with Gasteiger partial charge in [0.2, 0.25) is 0 Å². The number of amides is 1. The van der Waals surface area contributed by atoms with Gasteiger partial charge in [0.25, 0.3) is 5.91 Å². The molecule has 1 N–H and O–H groups in total. The lowest BCUT2D eigenvalue weighted by atomic mass is 10.1. The Balaban J connectivity index is 1.64. The van der Waals surface area contributed by atoms with E-state index in [0.29, 0.717) is 12.3 Å². The zero-order chi connectivity index (χ0) is 20.6. The standard InChI is InChI=1S/C25H22N2O2/c1-18-6-10-23(11-7-18)27-25(28)22(16-26)15-20-8-12-24(13-9-20)29-17-21-5-3-4-19(2)14-21/h3-15H,17H2,1-2H3,(H,27,28)/b22-15+. The molecule has 29 heavy (non-hydrogen) atoms. The minimum absolute atomic E-state index is 0.0407. The number of carbonyl (C=O) groups is 1. The zero-order valence-electron chi connectivity index (χ0n) is 16.5. The summed E-state index contributed by atoms with van der Waals surface area (Å²) in [6.45, 7) is 4.51. The number of anilines is 1. The first-order chi connectivity index (χ1) is 14.0. The van der Waals surface area contributed by atoms with Gasteiger partial charge in [-0.05, 0) is 55.3 Å². The largest absolute Gasteiger partial charge is 0.489 e. The van der Waals surface area contributed by atoms with Crippen molar-refractivity contribution in [2.45, 2.75) is 20.5 Å². The molecule has 0 bridgehead atoms. The van der Waals surface area contributed by atoms with Crippen LogP contribution < -0.4 is 10.1 Å². The van der Waals surface area contributed by atoms with Gasteiger partial charge < -0.3 is 10.1 Å². The molecule has 0 saturated carbocycles. The maximum atomic E-state index is 12.4. The molecule has 3 rings (SSSR count). The molecule has 0 aliphatic heterocycles. The number of carbonyl (C=O) groups excluding carboxylic acids is 1. The highest BCUT2D eigenvalue weighted by atomic mass is 16.5. The molecule has 0 aliphatic rings. The Morgan fingerprint density at radius 1 is 1.00 bits per heavy atom. The van der Waals surface area contributed by atoms with Gasteiger partial charge in [0.05, 0.1) is 0 Å². The molecule has 0 atom stereocenters. The van der Waals surface area contributed by atoms with E-state index in [4.69, 9.17) is 4.74 Å². The summed E-state index contributed by atoms with van der Waals surface area (Å²) in [6, 6.07) is 24.9. The Hall–Kier alpha value is -3.84. The lowest BCUT2D eigenvalue weighted by molar-refractivity contribution is -0.112. The van der Waals surface area contributed by atoms with Crippen LogP contribution in [0.1, 0.15) is 22.3 Å². The predicted octanol–water partition coefficient (Wildman–Crippen LogP) is 5.43. The highest BCUT2D eigenvalue weighted by Gasteiger charge is 2.09. The summed E-state index contributed by atoms with van der Waals surface area (Å²) in [5.74, 6) is 0.294. The highest BCUT2D eigenvalue weighted by molar-refractivity contribution is 6.09. The molecule has 0 saturated heterocycles. The van der Waals surface area contributed by atoms with Crippen LogP contribution in [-0.4, -0.2) is 5.91 Å². The maximum absolute atomic E-state index is 12.4.